The topological polar surface area (TPSA) is 67.9 Å². The number of carbonyl (C=O) groups is 2. The quantitative estimate of drug-likeness (QED) is 0.802. The van der Waals surface area contributed by atoms with E-state index in [4.69, 9.17) is 9.47 Å². The highest BCUT2D eigenvalue weighted by Gasteiger charge is 2.50. The minimum Gasteiger partial charge on any atom is -0.464 e. The van der Waals surface area contributed by atoms with Gasteiger partial charge in [0.05, 0.1) is 13.2 Å². The molecule has 0 radical (unpaired) electrons. The molecule has 1 amide bonds. The van der Waals surface area contributed by atoms with Crippen molar-refractivity contribution in [3.63, 3.8) is 0 Å². The molecule has 2 saturated heterocycles. The van der Waals surface area contributed by atoms with E-state index in [1.165, 1.54) is 0 Å². The van der Waals surface area contributed by atoms with Crippen molar-refractivity contribution in [2.45, 2.75) is 46.1 Å². The molecule has 2 heterocycles. The number of piperidine rings is 1. The minimum absolute atomic E-state index is 0.0273. The lowest BCUT2D eigenvalue weighted by Gasteiger charge is -2.33. The van der Waals surface area contributed by atoms with Gasteiger partial charge in [-0.05, 0) is 50.6 Å². The second kappa shape index (κ2) is 7.31. The first-order valence-electron chi connectivity index (χ1n) is 8.28. The summed E-state index contributed by atoms with van der Waals surface area (Å²) in [5.41, 5.74) is 0.0273. The number of rotatable bonds is 4. The fourth-order valence-electron chi connectivity index (χ4n) is 3.34. The molecule has 6 heteroatoms. The Morgan fingerprint density at radius 3 is 2.55 bits per heavy atom. The molecule has 0 aromatic rings. The predicted molar refractivity (Wildman–Crippen MR) is 82.5 cm³/mol. The average molecular weight is 312 g/mol. The Morgan fingerprint density at radius 1 is 1.27 bits per heavy atom. The molecule has 2 aliphatic heterocycles. The SMILES string of the molecule is CCOC(=O)C1CC2(CCNCC2)CN1C(=O)OCC(C)C. The zero-order valence-corrected chi connectivity index (χ0v) is 13.9. The molecule has 22 heavy (non-hydrogen) atoms. The van der Waals surface area contributed by atoms with E-state index in [1.807, 2.05) is 13.8 Å². The molecular weight excluding hydrogens is 284 g/mol. The Labute approximate surface area is 132 Å². The number of nitrogens with zero attached hydrogens (tertiary/aromatic N) is 1. The molecule has 2 rings (SSSR count). The normalized spacial score (nSPS) is 23.8. The van der Waals surface area contributed by atoms with Gasteiger partial charge in [-0.2, -0.15) is 0 Å². The van der Waals surface area contributed by atoms with Crippen LogP contribution >= 0.6 is 0 Å². The summed E-state index contributed by atoms with van der Waals surface area (Å²) in [6.07, 6.45) is 2.26. The molecule has 0 aromatic heterocycles. The van der Waals surface area contributed by atoms with Gasteiger partial charge in [0.2, 0.25) is 0 Å². The van der Waals surface area contributed by atoms with Gasteiger partial charge in [-0.3, -0.25) is 4.90 Å². The first-order chi connectivity index (χ1) is 10.5. The molecule has 0 aromatic carbocycles. The van der Waals surface area contributed by atoms with Gasteiger partial charge in [-0.25, -0.2) is 9.59 Å². The molecule has 1 atom stereocenters. The van der Waals surface area contributed by atoms with Gasteiger partial charge >= 0.3 is 12.1 Å². The largest absolute Gasteiger partial charge is 0.464 e. The number of amides is 1. The van der Waals surface area contributed by atoms with Gasteiger partial charge in [0.15, 0.2) is 0 Å². The average Bonchev–Trinajstić information content (AvgIpc) is 2.85. The summed E-state index contributed by atoms with van der Waals surface area (Å²) in [6.45, 7) is 8.94. The second-order valence-corrected chi connectivity index (χ2v) is 6.82. The van der Waals surface area contributed by atoms with Crippen molar-refractivity contribution < 1.29 is 19.1 Å². The fraction of sp³-hybridized carbons (Fsp3) is 0.875. The number of hydrogen-bond donors (Lipinski definition) is 1. The lowest BCUT2D eigenvalue weighted by molar-refractivity contribution is -0.148. The summed E-state index contributed by atoms with van der Waals surface area (Å²) >= 11 is 0. The van der Waals surface area contributed by atoms with Gasteiger partial charge in [0, 0.05) is 6.54 Å². The molecule has 1 N–H and O–H groups in total. The van der Waals surface area contributed by atoms with Crippen LogP contribution < -0.4 is 5.32 Å². The van der Waals surface area contributed by atoms with E-state index in [-0.39, 0.29) is 23.4 Å². The summed E-state index contributed by atoms with van der Waals surface area (Å²) in [7, 11) is 0. The lowest BCUT2D eigenvalue weighted by atomic mass is 9.77. The maximum absolute atomic E-state index is 12.4. The van der Waals surface area contributed by atoms with Gasteiger partial charge in [-0.15, -0.1) is 0 Å². The van der Waals surface area contributed by atoms with E-state index >= 15 is 0 Å². The monoisotopic (exact) mass is 312 g/mol. The number of carbonyl (C=O) groups excluding carboxylic acids is 2. The molecule has 0 aliphatic carbocycles. The molecule has 0 bridgehead atoms. The van der Waals surface area contributed by atoms with E-state index in [0.717, 1.165) is 25.9 Å². The van der Waals surface area contributed by atoms with Gasteiger partial charge < -0.3 is 14.8 Å². The Bertz CT molecular complexity index is 405. The number of hydrogen-bond acceptors (Lipinski definition) is 5. The number of ether oxygens (including phenoxy) is 2. The van der Waals surface area contributed by atoms with Crippen LogP contribution in [0.5, 0.6) is 0 Å². The van der Waals surface area contributed by atoms with Crippen LogP contribution in [0.4, 0.5) is 4.79 Å². The van der Waals surface area contributed by atoms with Crippen LogP contribution in [0.3, 0.4) is 0 Å². The Balaban J connectivity index is 2.08. The van der Waals surface area contributed by atoms with Gasteiger partial charge in [0.1, 0.15) is 6.04 Å². The maximum Gasteiger partial charge on any atom is 0.410 e. The first-order valence-corrected chi connectivity index (χ1v) is 8.28. The van der Waals surface area contributed by atoms with Crippen LogP contribution in [0.1, 0.15) is 40.0 Å². The van der Waals surface area contributed by atoms with Crippen LogP contribution in [-0.2, 0) is 14.3 Å². The van der Waals surface area contributed by atoms with Crippen molar-refractivity contribution >= 4 is 12.1 Å². The van der Waals surface area contributed by atoms with Crippen molar-refractivity contribution in [2.24, 2.45) is 11.3 Å². The highest BCUT2D eigenvalue weighted by Crippen LogP contribution is 2.42. The highest BCUT2D eigenvalue weighted by molar-refractivity contribution is 5.82. The van der Waals surface area contributed by atoms with E-state index in [2.05, 4.69) is 5.32 Å². The molecule has 6 nitrogen and oxygen atoms in total. The fourth-order valence-corrected chi connectivity index (χ4v) is 3.34. The Hall–Kier alpha value is -1.30. The standard InChI is InChI=1S/C16H28N2O4/c1-4-21-14(19)13-9-16(5-7-17-8-6-16)11-18(13)15(20)22-10-12(2)3/h12-13,17H,4-11H2,1-3H3. The molecule has 1 unspecified atom stereocenters. The van der Waals surface area contributed by atoms with Crippen molar-refractivity contribution in [1.29, 1.82) is 0 Å². The highest BCUT2D eigenvalue weighted by atomic mass is 16.6. The third kappa shape index (κ3) is 3.91. The summed E-state index contributed by atoms with van der Waals surface area (Å²) in [6, 6.07) is -0.502. The lowest BCUT2D eigenvalue weighted by Crippen LogP contribution is -2.43. The summed E-state index contributed by atoms with van der Waals surface area (Å²) < 4.78 is 10.5. The number of nitrogens with one attached hydrogen (secondary N) is 1. The molecule has 2 fully saturated rings. The molecular formula is C16H28N2O4. The molecule has 126 valence electrons. The molecule has 2 aliphatic rings. The van der Waals surface area contributed by atoms with Crippen LogP contribution in [0.2, 0.25) is 0 Å². The zero-order chi connectivity index (χ0) is 16.2. The van der Waals surface area contributed by atoms with Crippen LogP contribution in [0, 0.1) is 11.3 Å². The first kappa shape index (κ1) is 17.1. The summed E-state index contributed by atoms with van der Waals surface area (Å²) in [5.74, 6) is -0.0279. The van der Waals surface area contributed by atoms with E-state index in [0.29, 0.717) is 26.2 Å². The Kier molecular flexibility index (Phi) is 5.67. The smallest absolute Gasteiger partial charge is 0.410 e. The van der Waals surface area contributed by atoms with Crippen LogP contribution in [-0.4, -0.2) is 55.9 Å². The van der Waals surface area contributed by atoms with Crippen LogP contribution in [0.25, 0.3) is 0 Å². The number of esters is 1. The number of likely N-dealkylation sites (tertiary alicyclic amines) is 1. The minimum atomic E-state index is -0.502. The van der Waals surface area contributed by atoms with Crippen LogP contribution in [0.15, 0.2) is 0 Å². The van der Waals surface area contributed by atoms with Gasteiger partial charge in [-0.1, -0.05) is 13.8 Å². The van der Waals surface area contributed by atoms with E-state index in [9.17, 15) is 9.59 Å². The zero-order valence-electron chi connectivity index (χ0n) is 13.9. The van der Waals surface area contributed by atoms with Crippen molar-refractivity contribution in [2.75, 3.05) is 32.8 Å². The van der Waals surface area contributed by atoms with E-state index < -0.39 is 6.04 Å². The molecule has 1 spiro atoms. The van der Waals surface area contributed by atoms with Crippen molar-refractivity contribution in [1.82, 2.24) is 10.2 Å². The third-order valence-electron chi connectivity index (χ3n) is 4.51. The summed E-state index contributed by atoms with van der Waals surface area (Å²) in [4.78, 5) is 26.2. The van der Waals surface area contributed by atoms with Gasteiger partial charge in [0.25, 0.3) is 0 Å². The summed E-state index contributed by atoms with van der Waals surface area (Å²) in [5, 5.41) is 3.34. The van der Waals surface area contributed by atoms with Crippen molar-refractivity contribution in [3.05, 3.63) is 0 Å². The second-order valence-electron chi connectivity index (χ2n) is 6.82. The maximum atomic E-state index is 12.4. The Morgan fingerprint density at radius 2 is 1.95 bits per heavy atom. The third-order valence-corrected chi connectivity index (χ3v) is 4.51. The van der Waals surface area contributed by atoms with Crippen molar-refractivity contribution in [3.8, 4) is 0 Å². The predicted octanol–water partition coefficient (Wildman–Crippen LogP) is 1.79. The molecule has 0 saturated carbocycles. The van der Waals surface area contributed by atoms with E-state index in [1.54, 1.807) is 11.8 Å².